The molecule has 0 spiro atoms. The van der Waals surface area contributed by atoms with Crippen molar-refractivity contribution in [3.05, 3.63) is 58.6 Å². The third-order valence-corrected chi connectivity index (χ3v) is 5.60. The Morgan fingerprint density at radius 3 is 2.60 bits per heavy atom. The number of hydrogen-bond donors (Lipinski definition) is 2. The average molecular weight is 441 g/mol. The number of hydrazone groups is 1. The minimum Gasteiger partial charge on any atom is -0.331 e. The molecule has 0 atom stereocenters. The highest BCUT2D eigenvalue weighted by Crippen LogP contribution is 2.17. The molecule has 0 fully saturated rings. The van der Waals surface area contributed by atoms with E-state index in [1.807, 2.05) is 24.3 Å². The molecule has 9 heteroatoms. The number of thiocarbonyl (C=S) groups is 1. The zero-order valence-electron chi connectivity index (χ0n) is 13.6. The molecule has 2 aromatic carbocycles. The zero-order valence-corrected chi connectivity index (χ0v) is 16.8. The highest BCUT2D eigenvalue weighted by molar-refractivity contribution is 9.10. The fourth-order valence-electron chi connectivity index (χ4n) is 1.86. The third kappa shape index (κ3) is 5.60. The van der Waals surface area contributed by atoms with Crippen LogP contribution in [0.4, 0.5) is 5.69 Å². The molecule has 0 saturated heterocycles. The molecule has 0 aliphatic rings. The van der Waals surface area contributed by atoms with Crippen LogP contribution in [-0.4, -0.2) is 38.1 Å². The van der Waals surface area contributed by atoms with Crippen molar-refractivity contribution in [2.24, 2.45) is 5.10 Å². The van der Waals surface area contributed by atoms with Gasteiger partial charge in [0, 0.05) is 24.3 Å². The van der Waals surface area contributed by atoms with Gasteiger partial charge in [-0.2, -0.15) is 5.10 Å². The van der Waals surface area contributed by atoms with Gasteiger partial charge in [0.2, 0.25) is 10.0 Å². The fourth-order valence-corrected chi connectivity index (χ4v) is 3.39. The standard InChI is InChI=1S/C16H17BrN4O2S2/c1-21(2)25(22,23)15-8-4-7-14(10-15)19-16(24)20-18-11-12-5-3-6-13(17)9-12/h3-11H,1-2H3,(H2,19,20,24). The lowest BCUT2D eigenvalue weighted by atomic mass is 10.2. The quantitative estimate of drug-likeness (QED) is 0.424. The number of sulfonamides is 1. The first kappa shape index (κ1) is 19.5. The molecule has 0 aliphatic carbocycles. The van der Waals surface area contributed by atoms with Crippen molar-refractivity contribution < 1.29 is 8.42 Å². The molecule has 0 aromatic heterocycles. The number of halogens is 1. The summed E-state index contributed by atoms with van der Waals surface area (Å²) in [6.07, 6.45) is 1.63. The largest absolute Gasteiger partial charge is 0.331 e. The highest BCUT2D eigenvalue weighted by Gasteiger charge is 2.17. The van der Waals surface area contributed by atoms with E-state index in [1.165, 1.54) is 26.2 Å². The van der Waals surface area contributed by atoms with Crippen molar-refractivity contribution >= 4 is 55.2 Å². The topological polar surface area (TPSA) is 73.8 Å². The summed E-state index contributed by atoms with van der Waals surface area (Å²) < 4.78 is 26.4. The predicted octanol–water partition coefficient (Wildman–Crippen LogP) is 3.02. The first-order valence-corrected chi connectivity index (χ1v) is 9.81. The van der Waals surface area contributed by atoms with Gasteiger partial charge in [0.05, 0.1) is 11.1 Å². The van der Waals surface area contributed by atoms with E-state index in [0.717, 1.165) is 14.3 Å². The van der Waals surface area contributed by atoms with Gasteiger partial charge in [-0.05, 0) is 48.1 Å². The summed E-state index contributed by atoms with van der Waals surface area (Å²) in [7, 11) is -0.528. The lowest BCUT2D eigenvalue weighted by Gasteiger charge is -2.13. The van der Waals surface area contributed by atoms with Crippen LogP contribution in [0.2, 0.25) is 0 Å². The number of anilines is 1. The Hall–Kier alpha value is -1.81. The summed E-state index contributed by atoms with van der Waals surface area (Å²) in [6, 6.07) is 14.1. The highest BCUT2D eigenvalue weighted by atomic mass is 79.9. The summed E-state index contributed by atoms with van der Waals surface area (Å²) >= 11 is 8.55. The molecule has 132 valence electrons. The van der Waals surface area contributed by atoms with Gasteiger partial charge in [0.1, 0.15) is 0 Å². The predicted molar refractivity (Wildman–Crippen MR) is 108 cm³/mol. The van der Waals surface area contributed by atoms with Crippen LogP contribution < -0.4 is 10.7 Å². The van der Waals surface area contributed by atoms with E-state index in [9.17, 15) is 8.42 Å². The maximum atomic E-state index is 12.1. The summed E-state index contributed by atoms with van der Waals surface area (Å²) in [5, 5.41) is 7.21. The summed E-state index contributed by atoms with van der Waals surface area (Å²) in [5.74, 6) is 0. The molecule has 2 aromatic rings. The van der Waals surface area contributed by atoms with Gasteiger partial charge in [-0.3, -0.25) is 5.43 Å². The van der Waals surface area contributed by atoms with E-state index in [4.69, 9.17) is 12.2 Å². The van der Waals surface area contributed by atoms with Gasteiger partial charge >= 0.3 is 0 Å². The molecule has 0 bridgehead atoms. The average Bonchev–Trinajstić information content (AvgIpc) is 2.55. The lowest BCUT2D eigenvalue weighted by molar-refractivity contribution is 0.521. The first-order chi connectivity index (χ1) is 11.8. The van der Waals surface area contributed by atoms with Crippen LogP contribution in [0.15, 0.2) is 63.0 Å². The zero-order chi connectivity index (χ0) is 18.4. The van der Waals surface area contributed by atoms with E-state index in [1.54, 1.807) is 18.3 Å². The Kier molecular flexibility index (Phi) is 6.65. The second-order valence-corrected chi connectivity index (χ2v) is 8.67. The van der Waals surface area contributed by atoms with Crippen LogP contribution in [0.5, 0.6) is 0 Å². The molecule has 0 heterocycles. The van der Waals surface area contributed by atoms with Gasteiger partial charge in [-0.15, -0.1) is 0 Å². The van der Waals surface area contributed by atoms with E-state index in [2.05, 4.69) is 31.8 Å². The number of benzene rings is 2. The van der Waals surface area contributed by atoms with Crippen LogP contribution in [0, 0.1) is 0 Å². The molecule has 0 amide bonds. The second kappa shape index (κ2) is 8.52. The van der Waals surface area contributed by atoms with Crippen LogP contribution in [-0.2, 0) is 10.0 Å². The van der Waals surface area contributed by atoms with Gasteiger partial charge in [-0.1, -0.05) is 34.1 Å². The van der Waals surface area contributed by atoms with Gasteiger partial charge in [-0.25, -0.2) is 12.7 Å². The maximum Gasteiger partial charge on any atom is 0.242 e. The van der Waals surface area contributed by atoms with Crippen LogP contribution >= 0.6 is 28.1 Å². The number of hydrogen-bond acceptors (Lipinski definition) is 4. The molecular weight excluding hydrogens is 424 g/mol. The number of nitrogens with zero attached hydrogens (tertiary/aromatic N) is 2. The van der Waals surface area contributed by atoms with Crippen molar-refractivity contribution in [3.63, 3.8) is 0 Å². The van der Waals surface area contributed by atoms with Crippen molar-refractivity contribution in [3.8, 4) is 0 Å². The molecule has 2 rings (SSSR count). The summed E-state index contributed by atoms with van der Waals surface area (Å²) in [4.78, 5) is 0.183. The third-order valence-electron chi connectivity index (χ3n) is 3.10. The molecule has 0 unspecified atom stereocenters. The number of rotatable bonds is 5. The molecule has 0 aliphatic heterocycles. The van der Waals surface area contributed by atoms with Gasteiger partial charge in [0.15, 0.2) is 5.11 Å². The Morgan fingerprint density at radius 1 is 1.20 bits per heavy atom. The smallest absolute Gasteiger partial charge is 0.242 e. The molecular formula is C16H17BrN4O2S2. The van der Waals surface area contributed by atoms with Crippen molar-refractivity contribution in [2.75, 3.05) is 19.4 Å². The van der Waals surface area contributed by atoms with Crippen molar-refractivity contribution in [2.45, 2.75) is 4.90 Å². The second-order valence-electron chi connectivity index (χ2n) is 5.19. The maximum absolute atomic E-state index is 12.1. The summed E-state index contributed by atoms with van der Waals surface area (Å²) in [5.41, 5.74) is 4.15. The molecule has 0 radical (unpaired) electrons. The summed E-state index contributed by atoms with van der Waals surface area (Å²) in [6.45, 7) is 0. The van der Waals surface area contributed by atoms with Gasteiger partial charge < -0.3 is 5.32 Å². The van der Waals surface area contributed by atoms with E-state index < -0.39 is 10.0 Å². The SMILES string of the molecule is CN(C)S(=O)(=O)c1cccc(NC(=S)NN=Cc2cccc(Br)c2)c1. The Bertz CT molecular complexity index is 899. The van der Waals surface area contributed by atoms with Crippen molar-refractivity contribution in [1.82, 2.24) is 9.73 Å². The van der Waals surface area contributed by atoms with Crippen LogP contribution in [0.25, 0.3) is 0 Å². The van der Waals surface area contributed by atoms with Crippen LogP contribution in [0.3, 0.4) is 0 Å². The van der Waals surface area contributed by atoms with E-state index in [-0.39, 0.29) is 10.0 Å². The monoisotopic (exact) mass is 440 g/mol. The molecule has 25 heavy (non-hydrogen) atoms. The van der Waals surface area contributed by atoms with E-state index >= 15 is 0 Å². The van der Waals surface area contributed by atoms with Gasteiger partial charge in [0.25, 0.3) is 0 Å². The first-order valence-electron chi connectivity index (χ1n) is 7.17. The Balaban J connectivity index is 2.01. The number of nitrogens with one attached hydrogen (secondary N) is 2. The Morgan fingerprint density at radius 2 is 1.92 bits per heavy atom. The minimum atomic E-state index is -3.50. The fraction of sp³-hybridized carbons (Fsp3) is 0.125. The van der Waals surface area contributed by atoms with Crippen LogP contribution in [0.1, 0.15) is 5.56 Å². The molecule has 6 nitrogen and oxygen atoms in total. The molecule has 2 N–H and O–H groups in total. The molecule has 0 saturated carbocycles. The lowest BCUT2D eigenvalue weighted by Crippen LogP contribution is -2.25. The van der Waals surface area contributed by atoms with Crippen molar-refractivity contribution in [1.29, 1.82) is 0 Å². The Labute approximate surface area is 161 Å². The minimum absolute atomic E-state index is 0.183. The van der Waals surface area contributed by atoms with E-state index in [0.29, 0.717) is 5.69 Å². The normalized spacial score (nSPS) is 11.7.